The van der Waals surface area contributed by atoms with Crippen LogP contribution in [0.3, 0.4) is 0 Å². The molecule has 1 aromatic heterocycles. The van der Waals surface area contributed by atoms with Gasteiger partial charge in [-0.05, 0) is 12.2 Å². The van der Waals surface area contributed by atoms with Crippen LogP contribution in [-0.4, -0.2) is 43.0 Å². The molecule has 0 amide bonds. The van der Waals surface area contributed by atoms with Crippen molar-refractivity contribution in [3.05, 3.63) is 11.0 Å². The van der Waals surface area contributed by atoms with E-state index < -0.39 is 11.8 Å². The molecule has 1 N–H and O–H groups in total. The lowest BCUT2D eigenvalue weighted by Crippen LogP contribution is -2.08. The third-order valence-corrected chi connectivity index (χ3v) is 2.95. The highest BCUT2D eigenvalue weighted by molar-refractivity contribution is 7.16. The fraction of sp³-hybridized carbons (Fsp3) is 0.300. The molecule has 0 aliphatic carbocycles. The molecule has 0 unspecified atom stereocenters. The Morgan fingerprint density at radius 3 is 2.59 bits per heavy atom. The van der Waals surface area contributed by atoms with Gasteiger partial charge in [0.2, 0.25) is 5.88 Å². The van der Waals surface area contributed by atoms with E-state index in [1.54, 1.807) is 4.90 Å². The number of hydrogen-bond acceptors (Lipinski definition) is 6. The van der Waals surface area contributed by atoms with E-state index in [4.69, 9.17) is 9.84 Å². The molecule has 7 heteroatoms. The molecular weight excluding hydrogens is 244 g/mol. The largest absolute Gasteiger partial charge is 0.480 e. The monoisotopic (exact) mass is 256 g/mol. The van der Waals surface area contributed by atoms with Gasteiger partial charge in [-0.1, -0.05) is 11.3 Å². The van der Waals surface area contributed by atoms with Gasteiger partial charge in [-0.2, -0.15) is 4.98 Å². The third kappa shape index (κ3) is 3.28. The van der Waals surface area contributed by atoms with Crippen molar-refractivity contribution in [1.82, 2.24) is 4.98 Å². The molecule has 17 heavy (non-hydrogen) atoms. The number of rotatable bonds is 5. The van der Waals surface area contributed by atoms with Crippen LogP contribution in [-0.2, 0) is 9.59 Å². The Morgan fingerprint density at radius 2 is 2.12 bits per heavy atom. The number of nitrogens with zero attached hydrogens (tertiary/aromatic N) is 2. The highest BCUT2D eigenvalue weighted by Gasteiger charge is 2.12. The second-order valence-corrected chi connectivity index (χ2v) is 4.28. The number of aliphatic carboxylic acids is 1. The number of carboxylic acids is 1. The molecule has 6 nitrogen and oxygen atoms in total. The SMILES string of the molecule is COc1nc(N(C)C)sc1/C=C/C(=O)C(=O)O. The first-order valence-electron chi connectivity index (χ1n) is 4.63. The summed E-state index contributed by atoms with van der Waals surface area (Å²) in [7, 11) is 5.12. The van der Waals surface area contributed by atoms with Gasteiger partial charge in [-0.25, -0.2) is 4.79 Å². The van der Waals surface area contributed by atoms with E-state index in [1.807, 2.05) is 14.1 Å². The van der Waals surface area contributed by atoms with Crippen LogP contribution >= 0.6 is 11.3 Å². The van der Waals surface area contributed by atoms with Crippen LogP contribution in [0.1, 0.15) is 4.88 Å². The summed E-state index contributed by atoms with van der Waals surface area (Å²) >= 11 is 1.30. The van der Waals surface area contributed by atoms with Crippen molar-refractivity contribution in [2.24, 2.45) is 0 Å². The normalized spacial score (nSPS) is 10.5. The maximum Gasteiger partial charge on any atom is 0.376 e. The van der Waals surface area contributed by atoms with Gasteiger partial charge < -0.3 is 14.7 Å². The van der Waals surface area contributed by atoms with E-state index >= 15 is 0 Å². The summed E-state index contributed by atoms with van der Waals surface area (Å²) < 4.78 is 5.03. The fourth-order valence-corrected chi connectivity index (χ4v) is 1.83. The molecule has 0 radical (unpaired) electrons. The average molecular weight is 256 g/mol. The number of thiazole rings is 1. The predicted molar refractivity (Wildman–Crippen MR) is 64.7 cm³/mol. The number of hydrogen-bond donors (Lipinski definition) is 1. The first-order chi connectivity index (χ1) is 7.95. The molecule has 0 saturated heterocycles. The number of ether oxygens (including phenoxy) is 1. The van der Waals surface area contributed by atoms with Crippen LogP contribution in [0.2, 0.25) is 0 Å². The molecule has 0 aliphatic rings. The van der Waals surface area contributed by atoms with Crippen LogP contribution in [0.4, 0.5) is 5.13 Å². The summed E-state index contributed by atoms with van der Waals surface area (Å²) in [6.07, 6.45) is 2.37. The molecule has 0 atom stereocenters. The topological polar surface area (TPSA) is 79.7 Å². The van der Waals surface area contributed by atoms with Crippen LogP contribution in [0, 0.1) is 0 Å². The Kier molecular flexibility index (Phi) is 4.22. The van der Waals surface area contributed by atoms with Gasteiger partial charge in [0.15, 0.2) is 5.13 Å². The number of ketones is 1. The van der Waals surface area contributed by atoms with E-state index in [0.717, 1.165) is 6.08 Å². The van der Waals surface area contributed by atoms with Gasteiger partial charge in [-0.15, -0.1) is 0 Å². The number of aromatic nitrogens is 1. The van der Waals surface area contributed by atoms with Crippen molar-refractivity contribution in [3.63, 3.8) is 0 Å². The Balaban J connectivity index is 2.97. The van der Waals surface area contributed by atoms with Crippen molar-refractivity contribution >= 4 is 34.3 Å². The molecule has 1 aromatic rings. The van der Waals surface area contributed by atoms with E-state index in [-0.39, 0.29) is 0 Å². The minimum atomic E-state index is -1.49. The molecule has 1 rings (SSSR count). The van der Waals surface area contributed by atoms with E-state index in [9.17, 15) is 9.59 Å². The summed E-state index contributed by atoms with van der Waals surface area (Å²) in [5, 5.41) is 9.14. The van der Waals surface area contributed by atoms with Crippen LogP contribution in [0.15, 0.2) is 6.08 Å². The zero-order chi connectivity index (χ0) is 13.0. The summed E-state index contributed by atoms with van der Waals surface area (Å²) in [6.45, 7) is 0. The van der Waals surface area contributed by atoms with Crippen molar-refractivity contribution in [1.29, 1.82) is 0 Å². The first-order valence-corrected chi connectivity index (χ1v) is 5.44. The minimum absolute atomic E-state index is 0.369. The Labute approximate surface area is 102 Å². The van der Waals surface area contributed by atoms with E-state index in [0.29, 0.717) is 15.9 Å². The molecule has 0 bridgehead atoms. The Morgan fingerprint density at radius 1 is 1.47 bits per heavy atom. The standard InChI is InChI=1S/C10H12N2O4S/c1-12(2)10-11-8(16-3)7(17-10)5-4-6(13)9(14)15/h4-5H,1-3H3,(H,14,15)/b5-4+. The van der Waals surface area contributed by atoms with Gasteiger partial charge in [0.1, 0.15) is 0 Å². The lowest BCUT2D eigenvalue weighted by Gasteiger charge is -2.04. The second-order valence-electron chi connectivity index (χ2n) is 3.27. The van der Waals surface area contributed by atoms with Crippen LogP contribution in [0.5, 0.6) is 5.88 Å². The van der Waals surface area contributed by atoms with Gasteiger partial charge in [0, 0.05) is 14.1 Å². The third-order valence-electron chi connectivity index (χ3n) is 1.78. The van der Waals surface area contributed by atoms with Crippen molar-refractivity contribution in [2.75, 3.05) is 26.1 Å². The highest BCUT2D eigenvalue weighted by Crippen LogP contribution is 2.31. The van der Waals surface area contributed by atoms with E-state index in [2.05, 4.69) is 4.98 Å². The maximum absolute atomic E-state index is 10.9. The van der Waals surface area contributed by atoms with Crippen molar-refractivity contribution < 1.29 is 19.4 Å². The average Bonchev–Trinajstić information content (AvgIpc) is 2.68. The number of carbonyl (C=O) groups is 2. The molecule has 92 valence electrons. The molecule has 0 aliphatic heterocycles. The van der Waals surface area contributed by atoms with Crippen molar-refractivity contribution in [2.45, 2.75) is 0 Å². The molecule has 0 fully saturated rings. The van der Waals surface area contributed by atoms with Gasteiger partial charge >= 0.3 is 5.97 Å². The molecular formula is C10H12N2O4S. The molecule has 0 spiro atoms. The number of anilines is 1. The fourth-order valence-electron chi connectivity index (χ4n) is 0.972. The van der Waals surface area contributed by atoms with Crippen molar-refractivity contribution in [3.8, 4) is 5.88 Å². The Bertz CT molecular complexity index is 465. The smallest absolute Gasteiger partial charge is 0.376 e. The number of carbonyl (C=O) groups excluding carboxylic acids is 1. The molecule has 0 saturated carbocycles. The first kappa shape index (κ1) is 13.2. The quantitative estimate of drug-likeness (QED) is 0.622. The van der Waals surface area contributed by atoms with Gasteiger partial charge in [0.05, 0.1) is 12.0 Å². The predicted octanol–water partition coefficient (Wildman–Crippen LogP) is 0.885. The Hall–Kier alpha value is -1.89. The summed E-state index contributed by atoms with van der Waals surface area (Å²) in [5.41, 5.74) is 0. The van der Waals surface area contributed by atoms with E-state index in [1.165, 1.54) is 24.5 Å². The highest BCUT2D eigenvalue weighted by atomic mass is 32.1. The second kappa shape index (κ2) is 5.44. The number of methoxy groups -OCH3 is 1. The summed E-state index contributed by atoms with van der Waals surface area (Å²) in [6, 6.07) is 0. The zero-order valence-corrected chi connectivity index (χ0v) is 10.4. The minimum Gasteiger partial charge on any atom is -0.480 e. The molecule has 1 heterocycles. The summed E-state index contributed by atoms with van der Waals surface area (Å²) in [5.74, 6) is -2.10. The summed E-state index contributed by atoms with van der Waals surface area (Å²) in [4.78, 5) is 27.8. The lowest BCUT2D eigenvalue weighted by atomic mass is 10.3. The van der Waals surface area contributed by atoms with Gasteiger partial charge in [0.25, 0.3) is 5.78 Å². The maximum atomic E-state index is 10.9. The van der Waals surface area contributed by atoms with Gasteiger partial charge in [-0.3, -0.25) is 4.79 Å². The number of carboxylic acid groups (broad SMARTS) is 1. The lowest BCUT2D eigenvalue weighted by molar-refractivity contribution is -0.146. The zero-order valence-electron chi connectivity index (χ0n) is 9.63. The van der Waals surface area contributed by atoms with Crippen LogP contribution in [0.25, 0.3) is 6.08 Å². The van der Waals surface area contributed by atoms with Crippen LogP contribution < -0.4 is 9.64 Å². The molecule has 0 aromatic carbocycles.